The summed E-state index contributed by atoms with van der Waals surface area (Å²) in [6.45, 7) is 3.07. The minimum Gasteiger partial charge on any atom is -0.362 e. The highest BCUT2D eigenvalue weighted by Crippen LogP contribution is 2.23. The molecule has 20 heavy (non-hydrogen) atoms. The second kappa shape index (κ2) is 7.58. The maximum atomic E-state index is 12.8. The van der Waals surface area contributed by atoms with Gasteiger partial charge in [0, 0.05) is 12.6 Å². The van der Waals surface area contributed by atoms with Crippen molar-refractivity contribution in [3.8, 4) is 0 Å². The number of hydrogen-bond donors (Lipinski definition) is 2. The highest BCUT2D eigenvalue weighted by Gasteiger charge is 2.21. The van der Waals surface area contributed by atoms with Gasteiger partial charge in [-0.15, -0.1) is 0 Å². The first-order valence-corrected chi connectivity index (χ1v) is 7.85. The van der Waals surface area contributed by atoms with Crippen molar-refractivity contribution in [1.29, 1.82) is 0 Å². The van der Waals surface area contributed by atoms with Gasteiger partial charge in [0.25, 0.3) is 0 Å². The van der Waals surface area contributed by atoms with Crippen LogP contribution in [0.15, 0.2) is 24.3 Å². The molecule has 0 amide bonds. The molecule has 0 heterocycles. The van der Waals surface area contributed by atoms with Gasteiger partial charge in [0.15, 0.2) is 5.11 Å². The zero-order valence-corrected chi connectivity index (χ0v) is 12.8. The number of nitrogens with one attached hydrogen (secondary N) is 2. The Morgan fingerprint density at radius 3 is 2.65 bits per heavy atom. The third kappa shape index (κ3) is 4.75. The standard InChI is InChI=1S/C16H23FN2S/c1-12-4-2-3-5-15(12)19-16(20)18-11-10-13-6-8-14(17)9-7-13/h6-9,12,15H,2-5,10-11H2,1H3,(H2,18,19,20)/t12-,15-/m0/s1. The zero-order chi connectivity index (χ0) is 14.4. The van der Waals surface area contributed by atoms with E-state index in [1.165, 1.54) is 37.8 Å². The SMILES string of the molecule is C[C@H]1CCCC[C@@H]1NC(=S)NCCc1ccc(F)cc1. The molecule has 2 atom stereocenters. The van der Waals surface area contributed by atoms with Crippen molar-refractivity contribution < 1.29 is 4.39 Å². The fourth-order valence-corrected chi connectivity index (χ4v) is 2.97. The molecule has 0 aliphatic heterocycles. The molecule has 0 bridgehead atoms. The van der Waals surface area contributed by atoms with Gasteiger partial charge in [0.1, 0.15) is 5.82 Å². The maximum absolute atomic E-state index is 12.8. The molecule has 1 aliphatic rings. The Balaban J connectivity index is 1.68. The van der Waals surface area contributed by atoms with Crippen LogP contribution in [0.1, 0.15) is 38.2 Å². The van der Waals surface area contributed by atoms with Crippen molar-refractivity contribution in [1.82, 2.24) is 10.6 Å². The van der Waals surface area contributed by atoms with E-state index in [9.17, 15) is 4.39 Å². The third-order valence-corrected chi connectivity index (χ3v) is 4.30. The van der Waals surface area contributed by atoms with Gasteiger partial charge < -0.3 is 10.6 Å². The number of halogens is 1. The van der Waals surface area contributed by atoms with E-state index in [2.05, 4.69) is 17.6 Å². The minimum atomic E-state index is -0.190. The van der Waals surface area contributed by atoms with Crippen LogP contribution in [0.3, 0.4) is 0 Å². The smallest absolute Gasteiger partial charge is 0.166 e. The maximum Gasteiger partial charge on any atom is 0.166 e. The molecule has 0 radical (unpaired) electrons. The molecule has 0 saturated heterocycles. The number of thiocarbonyl (C=S) groups is 1. The lowest BCUT2D eigenvalue weighted by atomic mass is 9.86. The highest BCUT2D eigenvalue weighted by atomic mass is 32.1. The summed E-state index contributed by atoms with van der Waals surface area (Å²) in [5.74, 6) is 0.505. The largest absolute Gasteiger partial charge is 0.362 e. The molecule has 4 heteroatoms. The molecule has 2 N–H and O–H groups in total. The Bertz CT molecular complexity index is 433. The lowest BCUT2D eigenvalue weighted by Gasteiger charge is -2.30. The van der Waals surface area contributed by atoms with Gasteiger partial charge >= 0.3 is 0 Å². The Morgan fingerprint density at radius 2 is 1.95 bits per heavy atom. The molecule has 1 saturated carbocycles. The topological polar surface area (TPSA) is 24.1 Å². The quantitative estimate of drug-likeness (QED) is 0.832. The molecule has 0 aromatic heterocycles. The second-order valence-electron chi connectivity index (χ2n) is 5.64. The average molecular weight is 294 g/mol. The molecule has 1 fully saturated rings. The van der Waals surface area contributed by atoms with E-state index in [4.69, 9.17) is 12.2 Å². The predicted molar refractivity (Wildman–Crippen MR) is 85.3 cm³/mol. The molecule has 1 aromatic carbocycles. The van der Waals surface area contributed by atoms with Gasteiger partial charge in [0.05, 0.1) is 0 Å². The summed E-state index contributed by atoms with van der Waals surface area (Å²) in [5, 5.41) is 7.41. The fraction of sp³-hybridized carbons (Fsp3) is 0.562. The summed E-state index contributed by atoms with van der Waals surface area (Å²) >= 11 is 5.34. The first kappa shape index (κ1) is 15.2. The Kier molecular flexibility index (Phi) is 5.77. The van der Waals surface area contributed by atoms with Crippen molar-refractivity contribution >= 4 is 17.3 Å². The van der Waals surface area contributed by atoms with E-state index in [1.54, 1.807) is 0 Å². The van der Waals surface area contributed by atoms with Crippen LogP contribution in [0, 0.1) is 11.7 Å². The van der Waals surface area contributed by atoms with Crippen molar-refractivity contribution in [2.75, 3.05) is 6.54 Å². The van der Waals surface area contributed by atoms with Crippen molar-refractivity contribution in [3.63, 3.8) is 0 Å². The molecule has 1 aromatic rings. The van der Waals surface area contributed by atoms with Crippen LogP contribution < -0.4 is 10.6 Å². The van der Waals surface area contributed by atoms with E-state index in [-0.39, 0.29) is 5.82 Å². The lowest BCUT2D eigenvalue weighted by molar-refractivity contribution is 0.308. The lowest BCUT2D eigenvalue weighted by Crippen LogP contribution is -2.46. The number of hydrogen-bond acceptors (Lipinski definition) is 1. The van der Waals surface area contributed by atoms with E-state index in [1.807, 2.05) is 12.1 Å². The molecule has 0 unspecified atom stereocenters. The van der Waals surface area contributed by atoms with Crippen molar-refractivity contribution in [2.45, 2.75) is 45.1 Å². The van der Waals surface area contributed by atoms with Crippen LogP contribution >= 0.6 is 12.2 Å². The Morgan fingerprint density at radius 1 is 1.25 bits per heavy atom. The van der Waals surface area contributed by atoms with Crippen LogP contribution in [0.25, 0.3) is 0 Å². The normalized spacial score (nSPS) is 22.3. The highest BCUT2D eigenvalue weighted by molar-refractivity contribution is 7.80. The molecule has 2 rings (SSSR count). The molecule has 110 valence electrons. The van der Waals surface area contributed by atoms with E-state index in [0.717, 1.165) is 23.6 Å². The van der Waals surface area contributed by atoms with Crippen LogP contribution in [-0.2, 0) is 6.42 Å². The summed E-state index contributed by atoms with van der Waals surface area (Å²) in [4.78, 5) is 0. The second-order valence-corrected chi connectivity index (χ2v) is 6.05. The molecule has 0 spiro atoms. The van der Waals surface area contributed by atoms with Crippen LogP contribution in [-0.4, -0.2) is 17.7 Å². The van der Waals surface area contributed by atoms with Gasteiger partial charge in [-0.1, -0.05) is 31.9 Å². The van der Waals surface area contributed by atoms with Gasteiger partial charge in [-0.3, -0.25) is 0 Å². The van der Waals surface area contributed by atoms with Gasteiger partial charge in [-0.05, 0) is 55.1 Å². The van der Waals surface area contributed by atoms with Gasteiger partial charge in [0.2, 0.25) is 0 Å². The van der Waals surface area contributed by atoms with Gasteiger partial charge in [-0.25, -0.2) is 4.39 Å². The number of rotatable bonds is 4. The monoisotopic (exact) mass is 294 g/mol. The molecular weight excluding hydrogens is 271 g/mol. The third-order valence-electron chi connectivity index (χ3n) is 4.04. The summed E-state index contributed by atoms with van der Waals surface area (Å²) in [6.07, 6.45) is 5.98. The van der Waals surface area contributed by atoms with Crippen LogP contribution in [0.4, 0.5) is 4.39 Å². The number of benzene rings is 1. The molecular formula is C16H23FN2S. The first-order valence-electron chi connectivity index (χ1n) is 7.44. The van der Waals surface area contributed by atoms with Crippen molar-refractivity contribution in [3.05, 3.63) is 35.6 Å². The summed E-state index contributed by atoms with van der Waals surface area (Å²) in [5.41, 5.74) is 1.12. The average Bonchev–Trinajstić information content (AvgIpc) is 2.44. The summed E-state index contributed by atoms with van der Waals surface area (Å²) < 4.78 is 12.8. The van der Waals surface area contributed by atoms with Gasteiger partial charge in [-0.2, -0.15) is 0 Å². The zero-order valence-electron chi connectivity index (χ0n) is 12.0. The molecule has 1 aliphatic carbocycles. The Hall–Kier alpha value is -1.16. The van der Waals surface area contributed by atoms with E-state index < -0.39 is 0 Å². The molecule has 2 nitrogen and oxygen atoms in total. The minimum absolute atomic E-state index is 0.190. The first-order chi connectivity index (χ1) is 9.65. The van der Waals surface area contributed by atoms with Crippen LogP contribution in [0.2, 0.25) is 0 Å². The summed E-state index contributed by atoms with van der Waals surface area (Å²) in [7, 11) is 0. The van der Waals surface area contributed by atoms with Crippen molar-refractivity contribution in [2.24, 2.45) is 5.92 Å². The summed E-state index contributed by atoms with van der Waals surface area (Å²) in [6, 6.07) is 7.13. The Labute approximate surface area is 126 Å². The predicted octanol–water partition coefficient (Wildman–Crippen LogP) is 3.41. The van der Waals surface area contributed by atoms with Crippen LogP contribution in [0.5, 0.6) is 0 Å². The van der Waals surface area contributed by atoms with E-state index >= 15 is 0 Å². The fourth-order valence-electron chi connectivity index (χ4n) is 2.72. The van der Waals surface area contributed by atoms with E-state index in [0.29, 0.717) is 12.0 Å².